The van der Waals surface area contributed by atoms with Crippen molar-refractivity contribution < 1.29 is 14.4 Å². The summed E-state index contributed by atoms with van der Waals surface area (Å²) in [7, 11) is 0. The first-order chi connectivity index (χ1) is 12.6. The maximum Gasteiger partial charge on any atom is 0.255 e. The van der Waals surface area contributed by atoms with Crippen molar-refractivity contribution in [3.05, 3.63) is 34.9 Å². The van der Waals surface area contributed by atoms with Crippen LogP contribution in [0.15, 0.2) is 18.2 Å². The molecule has 0 radical (unpaired) electrons. The average Bonchev–Trinajstić information content (AvgIpc) is 3.31. The zero-order chi connectivity index (χ0) is 18.3. The van der Waals surface area contributed by atoms with Gasteiger partial charge in [0, 0.05) is 25.1 Å². The molecule has 3 amide bonds. The van der Waals surface area contributed by atoms with Crippen molar-refractivity contribution in [2.45, 2.75) is 38.4 Å². The maximum atomic E-state index is 12.8. The van der Waals surface area contributed by atoms with Gasteiger partial charge in [-0.25, -0.2) is 0 Å². The summed E-state index contributed by atoms with van der Waals surface area (Å²) in [5.41, 5.74) is 8.42. The number of rotatable bonds is 6. The maximum absolute atomic E-state index is 12.8. The number of imide groups is 1. The summed E-state index contributed by atoms with van der Waals surface area (Å²) in [5.74, 6) is 0.550. The van der Waals surface area contributed by atoms with Gasteiger partial charge in [-0.2, -0.15) is 0 Å². The molecule has 138 valence electrons. The highest BCUT2D eigenvalue weighted by Gasteiger charge is 2.40. The van der Waals surface area contributed by atoms with Crippen LogP contribution < -0.4 is 16.4 Å². The quantitative estimate of drug-likeness (QED) is 0.629. The smallest absolute Gasteiger partial charge is 0.255 e. The molecule has 4 N–H and O–H groups in total. The first kappa shape index (κ1) is 17.2. The number of carbonyl (C=O) groups is 3. The van der Waals surface area contributed by atoms with E-state index in [1.807, 2.05) is 18.2 Å². The number of nitrogens with one attached hydrogen (secondary N) is 2. The first-order valence-corrected chi connectivity index (χ1v) is 9.24. The van der Waals surface area contributed by atoms with Crippen molar-refractivity contribution in [3.8, 4) is 0 Å². The molecule has 2 fully saturated rings. The summed E-state index contributed by atoms with van der Waals surface area (Å²) in [4.78, 5) is 37.9. The van der Waals surface area contributed by atoms with E-state index in [0.717, 1.165) is 24.2 Å². The van der Waals surface area contributed by atoms with E-state index in [1.165, 1.54) is 6.42 Å². The van der Waals surface area contributed by atoms with Crippen LogP contribution in [-0.4, -0.2) is 41.8 Å². The second kappa shape index (κ2) is 6.81. The summed E-state index contributed by atoms with van der Waals surface area (Å²) in [6, 6.07) is 5.17. The fourth-order valence-electron chi connectivity index (χ4n) is 4.06. The standard InChI is InChI=1S/C19H24N4O3/c20-7-12-6-13(12)9-21-8-11-2-1-3-14-15(11)10-23(19(14)26)16-4-5-17(24)22-18(16)25/h1-3,12-13,16,21H,4-10,20H2,(H,22,24,25)/t12-,13-,16?/m0/s1. The van der Waals surface area contributed by atoms with Gasteiger partial charge in [0.1, 0.15) is 6.04 Å². The van der Waals surface area contributed by atoms with Crippen molar-refractivity contribution >= 4 is 17.7 Å². The SMILES string of the molecule is NC[C@@H]1C[C@H]1CNCc1cccc2c1CN(C1CCC(=O)NC1=O)C2=O. The zero-order valence-corrected chi connectivity index (χ0v) is 14.7. The van der Waals surface area contributed by atoms with Crippen LogP contribution in [0.2, 0.25) is 0 Å². The minimum absolute atomic E-state index is 0.123. The minimum atomic E-state index is -0.565. The number of benzene rings is 1. The largest absolute Gasteiger partial charge is 0.330 e. The molecule has 2 heterocycles. The molecule has 0 aromatic heterocycles. The highest BCUT2D eigenvalue weighted by Crippen LogP contribution is 2.36. The highest BCUT2D eigenvalue weighted by molar-refractivity contribution is 6.05. The zero-order valence-electron chi connectivity index (χ0n) is 14.7. The van der Waals surface area contributed by atoms with Gasteiger partial charge < -0.3 is 16.0 Å². The third-order valence-corrected chi connectivity index (χ3v) is 5.77. The predicted molar refractivity (Wildman–Crippen MR) is 94.8 cm³/mol. The monoisotopic (exact) mass is 356 g/mol. The third kappa shape index (κ3) is 3.12. The number of hydrogen-bond acceptors (Lipinski definition) is 5. The second-order valence-electron chi connectivity index (χ2n) is 7.47. The van der Waals surface area contributed by atoms with Gasteiger partial charge in [-0.15, -0.1) is 0 Å². The molecule has 1 saturated heterocycles. The molecular weight excluding hydrogens is 332 g/mol. The van der Waals surface area contributed by atoms with Crippen molar-refractivity contribution in [1.82, 2.24) is 15.5 Å². The molecule has 1 aromatic carbocycles. The number of hydrogen-bond donors (Lipinski definition) is 3. The van der Waals surface area contributed by atoms with Crippen LogP contribution in [0.4, 0.5) is 0 Å². The van der Waals surface area contributed by atoms with E-state index in [4.69, 9.17) is 5.73 Å². The number of amides is 3. The van der Waals surface area contributed by atoms with E-state index in [9.17, 15) is 14.4 Å². The molecule has 2 aliphatic heterocycles. The lowest BCUT2D eigenvalue weighted by atomic mass is 10.0. The van der Waals surface area contributed by atoms with Gasteiger partial charge in [-0.05, 0) is 55.0 Å². The summed E-state index contributed by atoms with van der Waals surface area (Å²) >= 11 is 0. The van der Waals surface area contributed by atoms with Gasteiger partial charge in [-0.1, -0.05) is 12.1 Å². The Labute approximate surface area is 152 Å². The molecule has 26 heavy (non-hydrogen) atoms. The Balaban J connectivity index is 1.44. The molecular formula is C19H24N4O3. The Morgan fingerprint density at radius 1 is 1.23 bits per heavy atom. The van der Waals surface area contributed by atoms with E-state index in [-0.39, 0.29) is 24.1 Å². The van der Waals surface area contributed by atoms with Crippen LogP contribution in [0.5, 0.6) is 0 Å². The summed E-state index contributed by atoms with van der Waals surface area (Å²) in [6.45, 7) is 2.82. The molecule has 0 spiro atoms. The van der Waals surface area contributed by atoms with E-state index in [2.05, 4.69) is 10.6 Å². The summed E-state index contributed by atoms with van der Waals surface area (Å²) in [6.07, 6.45) is 1.85. The van der Waals surface area contributed by atoms with E-state index in [0.29, 0.717) is 36.9 Å². The Morgan fingerprint density at radius 3 is 2.81 bits per heavy atom. The third-order valence-electron chi connectivity index (χ3n) is 5.77. The van der Waals surface area contributed by atoms with E-state index < -0.39 is 6.04 Å². The van der Waals surface area contributed by atoms with Crippen molar-refractivity contribution in [3.63, 3.8) is 0 Å². The Hall–Kier alpha value is -2.25. The lowest BCUT2D eigenvalue weighted by Gasteiger charge is -2.29. The first-order valence-electron chi connectivity index (χ1n) is 9.24. The molecule has 7 heteroatoms. The molecule has 1 unspecified atom stereocenters. The number of nitrogens with zero attached hydrogens (tertiary/aromatic N) is 1. The molecule has 7 nitrogen and oxygen atoms in total. The molecule has 0 bridgehead atoms. The predicted octanol–water partition coefficient (Wildman–Crippen LogP) is 0.132. The van der Waals surface area contributed by atoms with E-state index >= 15 is 0 Å². The molecule has 1 aliphatic carbocycles. The highest BCUT2D eigenvalue weighted by atomic mass is 16.2. The van der Waals surface area contributed by atoms with Crippen LogP contribution >= 0.6 is 0 Å². The molecule has 3 aliphatic rings. The van der Waals surface area contributed by atoms with Gasteiger partial charge in [0.2, 0.25) is 11.8 Å². The second-order valence-corrected chi connectivity index (χ2v) is 7.47. The lowest BCUT2D eigenvalue weighted by molar-refractivity contribution is -0.136. The van der Waals surface area contributed by atoms with Gasteiger partial charge in [-0.3, -0.25) is 19.7 Å². The molecule has 1 aromatic rings. The van der Waals surface area contributed by atoms with Crippen LogP contribution in [0.3, 0.4) is 0 Å². The molecule has 4 rings (SSSR count). The van der Waals surface area contributed by atoms with Gasteiger partial charge in [0.05, 0.1) is 0 Å². The van der Waals surface area contributed by atoms with Crippen LogP contribution in [0.25, 0.3) is 0 Å². The fourth-order valence-corrected chi connectivity index (χ4v) is 4.06. The topological polar surface area (TPSA) is 105 Å². The lowest BCUT2D eigenvalue weighted by Crippen LogP contribution is -2.52. The minimum Gasteiger partial charge on any atom is -0.330 e. The fraction of sp³-hybridized carbons (Fsp3) is 0.526. The van der Waals surface area contributed by atoms with Gasteiger partial charge >= 0.3 is 0 Å². The van der Waals surface area contributed by atoms with Crippen molar-refractivity contribution in [1.29, 1.82) is 0 Å². The van der Waals surface area contributed by atoms with Gasteiger partial charge in [0.25, 0.3) is 5.91 Å². The van der Waals surface area contributed by atoms with Crippen molar-refractivity contribution in [2.24, 2.45) is 17.6 Å². The molecule has 1 saturated carbocycles. The molecule has 3 atom stereocenters. The van der Waals surface area contributed by atoms with Crippen LogP contribution in [0, 0.1) is 11.8 Å². The normalized spacial score (nSPS) is 27.5. The van der Waals surface area contributed by atoms with Crippen molar-refractivity contribution in [2.75, 3.05) is 13.1 Å². The summed E-state index contributed by atoms with van der Waals surface area (Å²) in [5, 5.41) is 5.81. The van der Waals surface area contributed by atoms with Crippen LogP contribution in [0.1, 0.15) is 40.7 Å². The number of piperidine rings is 1. The van der Waals surface area contributed by atoms with E-state index in [1.54, 1.807) is 4.90 Å². The number of fused-ring (bicyclic) bond motifs is 1. The Morgan fingerprint density at radius 2 is 2.08 bits per heavy atom. The average molecular weight is 356 g/mol. The van der Waals surface area contributed by atoms with Gasteiger partial charge in [0.15, 0.2) is 0 Å². The number of nitrogens with two attached hydrogens (primary N) is 1. The Bertz CT molecular complexity index is 763. The number of carbonyl (C=O) groups excluding carboxylic acids is 3. The Kier molecular flexibility index (Phi) is 4.50. The van der Waals surface area contributed by atoms with Crippen LogP contribution in [-0.2, 0) is 22.7 Å². The summed E-state index contributed by atoms with van der Waals surface area (Å²) < 4.78 is 0.